The van der Waals surface area contributed by atoms with E-state index in [9.17, 15) is 13.2 Å². The quantitative estimate of drug-likeness (QED) is 0.634. The lowest BCUT2D eigenvalue weighted by atomic mass is 10.1. The summed E-state index contributed by atoms with van der Waals surface area (Å²) in [5.74, 6) is -0.357. The highest BCUT2D eigenvalue weighted by molar-refractivity contribution is 7.91. The Hall–Kier alpha value is -2.25. The lowest BCUT2D eigenvalue weighted by molar-refractivity contribution is -0.118. The van der Waals surface area contributed by atoms with Crippen molar-refractivity contribution in [3.63, 3.8) is 0 Å². The predicted octanol–water partition coefficient (Wildman–Crippen LogP) is 3.85. The smallest absolute Gasteiger partial charge is 0.248 e. The number of carbonyl (C=O) groups excluding carboxylic acids is 1. The van der Waals surface area contributed by atoms with Crippen molar-refractivity contribution < 1.29 is 13.2 Å². The highest BCUT2D eigenvalue weighted by Gasteiger charge is 2.15. The Balaban J connectivity index is 1.72. The molecule has 0 N–H and O–H groups in total. The summed E-state index contributed by atoms with van der Waals surface area (Å²) >= 11 is 1.48. The van der Waals surface area contributed by atoms with Gasteiger partial charge in [0, 0.05) is 13.5 Å². The molecule has 1 heterocycles. The van der Waals surface area contributed by atoms with Crippen LogP contribution in [0.2, 0.25) is 0 Å². The molecule has 7 heteroatoms. The summed E-state index contributed by atoms with van der Waals surface area (Å²) in [7, 11) is -1.49. The van der Waals surface area contributed by atoms with E-state index in [1.165, 1.54) is 11.3 Å². The van der Waals surface area contributed by atoms with Crippen LogP contribution >= 0.6 is 11.3 Å². The Morgan fingerprint density at radius 2 is 1.75 bits per heavy atom. The molecule has 3 rings (SSSR count). The largest absolute Gasteiger partial charge is 0.319 e. The van der Waals surface area contributed by atoms with Crippen LogP contribution in [-0.2, 0) is 21.7 Å². The number of thiazole rings is 1. The number of rotatable bonds is 5. The van der Waals surface area contributed by atoms with Crippen LogP contribution in [0.5, 0.6) is 0 Å². The third-order valence-corrected chi connectivity index (χ3v) is 7.74. The molecule has 1 amide bonds. The summed E-state index contributed by atoms with van der Waals surface area (Å²) in [5, 5.41) is 0. The summed E-state index contributed by atoms with van der Waals surface area (Å²) in [6, 6.07) is 11.0. The van der Waals surface area contributed by atoms with E-state index >= 15 is 0 Å². The zero-order valence-electron chi connectivity index (χ0n) is 16.5. The summed E-state index contributed by atoms with van der Waals surface area (Å²) < 4.78 is 27.8. The number of hydrogen-bond acceptors (Lipinski definition) is 4. The highest BCUT2D eigenvalue weighted by Crippen LogP contribution is 2.22. The first kappa shape index (κ1) is 20.5. The molecule has 0 atom stereocenters. The monoisotopic (exact) mass is 416 g/mol. The molecule has 0 spiro atoms. The molecule has 148 valence electrons. The third-order valence-electron chi connectivity index (χ3n) is 4.65. The van der Waals surface area contributed by atoms with Gasteiger partial charge in [0.1, 0.15) is 0 Å². The van der Waals surface area contributed by atoms with Crippen molar-refractivity contribution in [1.82, 2.24) is 4.57 Å². The molecule has 28 heavy (non-hydrogen) atoms. The van der Waals surface area contributed by atoms with E-state index in [4.69, 9.17) is 0 Å². The van der Waals surface area contributed by atoms with Gasteiger partial charge in [-0.3, -0.25) is 4.79 Å². The zero-order valence-corrected chi connectivity index (χ0v) is 18.2. The maximum atomic E-state index is 12.4. The standard InChI is InChI=1S/C21H24N2O3S2/c1-14-7-9-17(10-8-14)28(25,26)11-5-6-19(24)22-21-23(4)18-13-15(2)12-16(3)20(18)27-21/h7-10,12-13H,5-6,11H2,1-4H3. The number of amides is 1. The van der Waals surface area contributed by atoms with Crippen LogP contribution in [0.15, 0.2) is 46.3 Å². The van der Waals surface area contributed by atoms with Gasteiger partial charge in [0.15, 0.2) is 14.6 Å². The Labute approximate surface area is 169 Å². The van der Waals surface area contributed by atoms with Crippen molar-refractivity contribution in [1.29, 1.82) is 0 Å². The minimum atomic E-state index is -3.38. The van der Waals surface area contributed by atoms with Crippen molar-refractivity contribution in [3.05, 3.63) is 57.9 Å². The van der Waals surface area contributed by atoms with E-state index in [2.05, 4.69) is 17.1 Å². The van der Waals surface area contributed by atoms with Gasteiger partial charge in [-0.05, 0) is 56.5 Å². The number of aromatic nitrogens is 1. The molecule has 0 saturated carbocycles. The summed E-state index contributed by atoms with van der Waals surface area (Å²) in [6.45, 7) is 6.00. The molecular weight excluding hydrogens is 392 g/mol. The number of aryl methyl sites for hydroxylation is 4. The van der Waals surface area contributed by atoms with Gasteiger partial charge in [0.2, 0.25) is 5.91 Å². The van der Waals surface area contributed by atoms with Gasteiger partial charge >= 0.3 is 0 Å². The van der Waals surface area contributed by atoms with Crippen LogP contribution in [0.3, 0.4) is 0 Å². The van der Waals surface area contributed by atoms with Gasteiger partial charge in [0.05, 0.1) is 20.9 Å². The second-order valence-electron chi connectivity index (χ2n) is 7.11. The Morgan fingerprint density at radius 1 is 1.07 bits per heavy atom. The molecule has 0 radical (unpaired) electrons. The van der Waals surface area contributed by atoms with Crippen LogP contribution in [-0.4, -0.2) is 24.6 Å². The van der Waals surface area contributed by atoms with Gasteiger partial charge < -0.3 is 4.57 Å². The number of hydrogen-bond donors (Lipinski definition) is 0. The first-order chi connectivity index (χ1) is 13.2. The average Bonchev–Trinajstić information content (AvgIpc) is 2.92. The van der Waals surface area contributed by atoms with Crippen molar-refractivity contribution in [2.24, 2.45) is 12.0 Å². The van der Waals surface area contributed by atoms with Gasteiger partial charge in [-0.2, -0.15) is 4.99 Å². The van der Waals surface area contributed by atoms with Crippen LogP contribution in [0.25, 0.3) is 10.2 Å². The van der Waals surface area contributed by atoms with Crippen LogP contribution in [0.1, 0.15) is 29.5 Å². The lowest BCUT2D eigenvalue weighted by Gasteiger charge is -2.04. The fourth-order valence-corrected chi connectivity index (χ4v) is 5.51. The third kappa shape index (κ3) is 4.42. The second-order valence-corrected chi connectivity index (χ2v) is 10.2. The minimum Gasteiger partial charge on any atom is -0.319 e. The van der Waals surface area contributed by atoms with E-state index in [1.54, 1.807) is 24.3 Å². The summed E-state index contributed by atoms with van der Waals surface area (Å²) in [6.07, 6.45) is 0.364. The molecule has 0 saturated heterocycles. The van der Waals surface area contributed by atoms with Crippen molar-refractivity contribution in [2.45, 2.75) is 38.5 Å². The molecule has 0 fully saturated rings. The summed E-state index contributed by atoms with van der Waals surface area (Å²) in [4.78, 5) is 17.4. The van der Waals surface area contributed by atoms with E-state index in [0.29, 0.717) is 9.70 Å². The molecule has 1 aromatic heterocycles. The molecule has 0 bridgehead atoms. The Bertz CT molecular complexity index is 1200. The molecule has 2 aromatic carbocycles. The molecular formula is C21H24N2O3S2. The Kier molecular flexibility index (Phi) is 5.86. The number of fused-ring (bicyclic) bond motifs is 1. The van der Waals surface area contributed by atoms with E-state index in [0.717, 1.165) is 26.9 Å². The number of nitrogens with zero attached hydrogens (tertiary/aromatic N) is 2. The molecule has 0 aliphatic heterocycles. The van der Waals surface area contributed by atoms with Gasteiger partial charge in [-0.1, -0.05) is 35.1 Å². The van der Waals surface area contributed by atoms with E-state index in [1.807, 2.05) is 32.4 Å². The number of carbonyl (C=O) groups is 1. The second kappa shape index (κ2) is 8.01. The van der Waals surface area contributed by atoms with Gasteiger partial charge in [-0.15, -0.1) is 0 Å². The zero-order chi connectivity index (χ0) is 20.5. The van der Waals surface area contributed by atoms with Crippen molar-refractivity contribution in [2.75, 3.05) is 5.75 Å². The summed E-state index contributed by atoms with van der Waals surface area (Å²) in [5.41, 5.74) is 4.39. The SMILES string of the molecule is Cc1ccc(S(=O)(=O)CCCC(=O)N=c2sc3c(C)cc(C)cc3n2C)cc1. The van der Waals surface area contributed by atoms with Gasteiger partial charge in [0.25, 0.3) is 0 Å². The van der Waals surface area contributed by atoms with Crippen LogP contribution < -0.4 is 4.80 Å². The van der Waals surface area contributed by atoms with Gasteiger partial charge in [-0.25, -0.2) is 8.42 Å². The molecule has 0 aliphatic carbocycles. The van der Waals surface area contributed by atoms with Crippen molar-refractivity contribution in [3.8, 4) is 0 Å². The first-order valence-electron chi connectivity index (χ1n) is 9.11. The topological polar surface area (TPSA) is 68.5 Å². The van der Waals surface area contributed by atoms with Crippen molar-refractivity contribution >= 4 is 37.3 Å². The molecule has 3 aromatic rings. The number of benzene rings is 2. The Morgan fingerprint density at radius 3 is 2.43 bits per heavy atom. The number of sulfone groups is 1. The first-order valence-corrected chi connectivity index (χ1v) is 11.6. The van der Waals surface area contributed by atoms with E-state index < -0.39 is 9.84 Å². The molecule has 0 aliphatic rings. The van der Waals surface area contributed by atoms with Crippen LogP contribution in [0.4, 0.5) is 0 Å². The maximum Gasteiger partial charge on any atom is 0.248 e. The molecule has 5 nitrogen and oxygen atoms in total. The minimum absolute atomic E-state index is 0.0613. The fraction of sp³-hybridized carbons (Fsp3) is 0.333. The highest BCUT2D eigenvalue weighted by atomic mass is 32.2. The predicted molar refractivity (Wildman–Crippen MR) is 113 cm³/mol. The maximum absolute atomic E-state index is 12.4. The van der Waals surface area contributed by atoms with Crippen LogP contribution in [0, 0.1) is 20.8 Å². The normalized spacial score (nSPS) is 12.6. The average molecular weight is 417 g/mol. The lowest BCUT2D eigenvalue weighted by Crippen LogP contribution is -2.14. The van der Waals surface area contributed by atoms with E-state index in [-0.39, 0.29) is 24.5 Å². The fourth-order valence-electron chi connectivity index (χ4n) is 3.11. The molecule has 0 unspecified atom stereocenters.